The van der Waals surface area contributed by atoms with Crippen LogP contribution < -0.4 is 5.32 Å². The SMILES string of the molecule is CCC1(CC)CC(=O)N(C2(C)CCC(=O)NC2=O)C1=O. The maximum absolute atomic E-state index is 12.7. The van der Waals surface area contributed by atoms with Crippen LogP contribution in [0.2, 0.25) is 0 Å². The van der Waals surface area contributed by atoms with E-state index in [1.807, 2.05) is 13.8 Å². The number of rotatable bonds is 3. The van der Waals surface area contributed by atoms with Crippen molar-refractivity contribution in [1.82, 2.24) is 10.2 Å². The lowest BCUT2D eigenvalue weighted by molar-refractivity contribution is -0.159. The molecule has 0 bridgehead atoms. The highest BCUT2D eigenvalue weighted by Crippen LogP contribution is 2.43. The van der Waals surface area contributed by atoms with Crippen molar-refractivity contribution in [3.63, 3.8) is 0 Å². The van der Waals surface area contributed by atoms with Gasteiger partial charge in [0.2, 0.25) is 17.7 Å². The zero-order chi connectivity index (χ0) is 15.1. The lowest BCUT2D eigenvalue weighted by Crippen LogP contribution is -2.63. The van der Waals surface area contributed by atoms with Gasteiger partial charge in [0.25, 0.3) is 5.91 Å². The summed E-state index contributed by atoms with van der Waals surface area (Å²) in [5, 5.41) is 2.23. The van der Waals surface area contributed by atoms with E-state index in [0.29, 0.717) is 12.8 Å². The summed E-state index contributed by atoms with van der Waals surface area (Å²) in [6, 6.07) is 0. The van der Waals surface area contributed by atoms with Crippen molar-refractivity contribution >= 4 is 23.6 Å². The molecule has 1 atom stereocenters. The maximum Gasteiger partial charge on any atom is 0.252 e. The number of amides is 4. The Bertz CT molecular complexity index is 495. The number of carbonyl (C=O) groups is 4. The third-order valence-electron chi connectivity index (χ3n) is 4.82. The van der Waals surface area contributed by atoms with Gasteiger partial charge in [-0.15, -0.1) is 0 Å². The summed E-state index contributed by atoms with van der Waals surface area (Å²) in [5.74, 6) is -1.51. The van der Waals surface area contributed by atoms with E-state index in [2.05, 4.69) is 5.32 Å². The van der Waals surface area contributed by atoms with E-state index >= 15 is 0 Å². The zero-order valence-corrected chi connectivity index (χ0v) is 12.1. The van der Waals surface area contributed by atoms with Crippen LogP contribution in [-0.4, -0.2) is 34.1 Å². The second kappa shape index (κ2) is 4.68. The standard InChI is InChI=1S/C14H20N2O4/c1-4-14(5-2)8-10(18)16(12(14)20)13(3)7-6-9(17)15-11(13)19/h4-8H2,1-3H3,(H,15,17,19). The summed E-state index contributed by atoms with van der Waals surface area (Å²) >= 11 is 0. The van der Waals surface area contributed by atoms with E-state index in [1.54, 1.807) is 6.92 Å². The zero-order valence-electron chi connectivity index (χ0n) is 12.1. The average molecular weight is 280 g/mol. The molecule has 0 saturated carbocycles. The Morgan fingerprint density at radius 3 is 2.20 bits per heavy atom. The number of likely N-dealkylation sites (tertiary alicyclic amines) is 1. The summed E-state index contributed by atoms with van der Waals surface area (Å²) in [6.45, 7) is 5.32. The van der Waals surface area contributed by atoms with Gasteiger partial charge in [0.05, 0.1) is 5.41 Å². The molecule has 0 spiro atoms. The predicted molar refractivity (Wildman–Crippen MR) is 70.3 cm³/mol. The van der Waals surface area contributed by atoms with Gasteiger partial charge in [-0.05, 0) is 26.2 Å². The number of carbonyl (C=O) groups excluding carboxylic acids is 4. The van der Waals surface area contributed by atoms with E-state index in [4.69, 9.17) is 0 Å². The minimum atomic E-state index is -1.24. The number of hydrogen-bond donors (Lipinski definition) is 1. The molecule has 2 aliphatic rings. The Morgan fingerprint density at radius 2 is 1.75 bits per heavy atom. The molecular weight excluding hydrogens is 260 g/mol. The van der Waals surface area contributed by atoms with Gasteiger partial charge in [-0.25, -0.2) is 0 Å². The average Bonchev–Trinajstić information content (AvgIpc) is 2.66. The van der Waals surface area contributed by atoms with Crippen LogP contribution in [0.1, 0.15) is 52.9 Å². The fourth-order valence-electron chi connectivity index (χ4n) is 3.10. The first kappa shape index (κ1) is 14.7. The van der Waals surface area contributed by atoms with Crippen molar-refractivity contribution in [3.8, 4) is 0 Å². The van der Waals surface area contributed by atoms with Crippen molar-refractivity contribution in [3.05, 3.63) is 0 Å². The maximum atomic E-state index is 12.7. The molecule has 1 unspecified atom stereocenters. The molecule has 2 rings (SSSR count). The van der Waals surface area contributed by atoms with Crippen LogP contribution in [0, 0.1) is 5.41 Å². The molecule has 6 nitrogen and oxygen atoms in total. The quantitative estimate of drug-likeness (QED) is 0.773. The van der Waals surface area contributed by atoms with Crippen molar-refractivity contribution in [2.45, 2.75) is 58.4 Å². The van der Waals surface area contributed by atoms with Crippen LogP contribution in [0.15, 0.2) is 0 Å². The molecule has 0 aromatic rings. The summed E-state index contributed by atoms with van der Waals surface area (Å²) in [4.78, 5) is 49.4. The number of hydrogen-bond acceptors (Lipinski definition) is 4. The molecule has 0 aromatic carbocycles. The summed E-state index contributed by atoms with van der Waals surface area (Å²) in [6.07, 6.45) is 1.63. The lowest BCUT2D eigenvalue weighted by atomic mass is 9.80. The smallest absolute Gasteiger partial charge is 0.252 e. The fourth-order valence-corrected chi connectivity index (χ4v) is 3.10. The van der Waals surface area contributed by atoms with Crippen molar-refractivity contribution in [2.24, 2.45) is 5.41 Å². The van der Waals surface area contributed by atoms with Gasteiger partial charge in [-0.1, -0.05) is 13.8 Å². The van der Waals surface area contributed by atoms with Crippen LogP contribution in [0.3, 0.4) is 0 Å². The highest BCUT2D eigenvalue weighted by molar-refractivity contribution is 6.12. The monoisotopic (exact) mass is 280 g/mol. The first-order valence-corrected chi connectivity index (χ1v) is 7.02. The van der Waals surface area contributed by atoms with Crippen molar-refractivity contribution < 1.29 is 19.2 Å². The molecule has 0 aliphatic carbocycles. The Hall–Kier alpha value is -1.72. The molecule has 0 radical (unpaired) electrons. The minimum absolute atomic E-state index is 0.143. The van der Waals surface area contributed by atoms with Gasteiger partial charge in [-0.2, -0.15) is 0 Å². The van der Waals surface area contributed by atoms with E-state index in [1.165, 1.54) is 0 Å². The molecule has 0 aromatic heterocycles. The molecule has 6 heteroatoms. The van der Waals surface area contributed by atoms with E-state index in [9.17, 15) is 19.2 Å². The Labute approximate surface area is 117 Å². The Kier molecular flexibility index (Phi) is 3.44. The minimum Gasteiger partial charge on any atom is -0.294 e. The van der Waals surface area contributed by atoms with Gasteiger partial charge < -0.3 is 0 Å². The van der Waals surface area contributed by atoms with Gasteiger partial charge in [0.1, 0.15) is 5.54 Å². The second-order valence-electron chi connectivity index (χ2n) is 5.85. The van der Waals surface area contributed by atoms with Crippen molar-refractivity contribution in [1.29, 1.82) is 0 Å². The predicted octanol–water partition coefficient (Wildman–Crippen LogP) is 0.747. The fraction of sp³-hybridized carbons (Fsp3) is 0.714. The molecule has 2 saturated heterocycles. The van der Waals surface area contributed by atoms with Gasteiger partial charge in [-0.3, -0.25) is 29.4 Å². The molecule has 1 N–H and O–H groups in total. The third kappa shape index (κ3) is 1.85. The number of imide groups is 2. The topological polar surface area (TPSA) is 83.6 Å². The summed E-state index contributed by atoms with van der Waals surface area (Å²) in [5.41, 5.74) is -1.93. The molecule has 110 valence electrons. The summed E-state index contributed by atoms with van der Waals surface area (Å²) < 4.78 is 0. The van der Waals surface area contributed by atoms with Gasteiger partial charge in [0, 0.05) is 12.8 Å². The Balaban J connectivity index is 2.38. The van der Waals surface area contributed by atoms with Crippen LogP contribution in [0.5, 0.6) is 0 Å². The molecule has 4 amide bonds. The highest BCUT2D eigenvalue weighted by atomic mass is 16.2. The second-order valence-corrected chi connectivity index (χ2v) is 5.85. The highest BCUT2D eigenvalue weighted by Gasteiger charge is 2.58. The lowest BCUT2D eigenvalue weighted by Gasteiger charge is -2.39. The first-order valence-electron chi connectivity index (χ1n) is 7.02. The summed E-state index contributed by atoms with van der Waals surface area (Å²) in [7, 11) is 0. The van der Waals surface area contributed by atoms with Gasteiger partial charge in [0.15, 0.2) is 0 Å². The molecule has 2 aliphatic heterocycles. The normalized spacial score (nSPS) is 29.9. The van der Waals surface area contributed by atoms with Crippen LogP contribution in [0.25, 0.3) is 0 Å². The Morgan fingerprint density at radius 1 is 1.15 bits per heavy atom. The molecule has 20 heavy (non-hydrogen) atoms. The number of piperidine rings is 1. The molecular formula is C14H20N2O4. The van der Waals surface area contributed by atoms with E-state index in [0.717, 1.165) is 4.90 Å². The van der Waals surface area contributed by atoms with Crippen LogP contribution >= 0.6 is 0 Å². The molecule has 2 heterocycles. The largest absolute Gasteiger partial charge is 0.294 e. The van der Waals surface area contributed by atoms with E-state index < -0.39 is 16.9 Å². The van der Waals surface area contributed by atoms with Crippen LogP contribution in [-0.2, 0) is 19.2 Å². The number of nitrogens with one attached hydrogen (secondary N) is 1. The van der Waals surface area contributed by atoms with Gasteiger partial charge >= 0.3 is 0 Å². The first-order chi connectivity index (χ1) is 9.30. The van der Waals surface area contributed by atoms with Crippen molar-refractivity contribution in [2.75, 3.05) is 0 Å². The number of nitrogens with zero attached hydrogens (tertiary/aromatic N) is 1. The van der Waals surface area contributed by atoms with E-state index in [-0.39, 0.29) is 37.0 Å². The van der Waals surface area contributed by atoms with Crippen LogP contribution in [0.4, 0.5) is 0 Å². The third-order valence-corrected chi connectivity index (χ3v) is 4.82. The molecule has 2 fully saturated rings.